The first-order valence-corrected chi connectivity index (χ1v) is 6.72. The highest BCUT2D eigenvalue weighted by Crippen LogP contribution is 2.27. The van der Waals surface area contributed by atoms with Gasteiger partial charge >= 0.3 is 5.97 Å². The number of rotatable bonds is 5. The van der Waals surface area contributed by atoms with E-state index >= 15 is 0 Å². The molecule has 104 valence electrons. The molecule has 2 aromatic rings. The zero-order chi connectivity index (χ0) is 14.5. The van der Waals surface area contributed by atoms with Crippen LogP contribution in [0.4, 0.5) is 5.69 Å². The van der Waals surface area contributed by atoms with Crippen LogP contribution < -0.4 is 10.1 Å². The second-order valence-corrected chi connectivity index (χ2v) is 4.78. The van der Waals surface area contributed by atoms with Gasteiger partial charge in [-0.1, -0.05) is 11.6 Å². The largest absolute Gasteiger partial charge is 0.480 e. The Labute approximate surface area is 123 Å². The Bertz CT molecular complexity index is 630. The number of halogens is 1. The molecule has 0 atom stereocenters. The molecule has 0 aliphatic rings. The van der Waals surface area contributed by atoms with Crippen molar-refractivity contribution in [3.63, 3.8) is 0 Å². The number of hydrogen-bond donors (Lipinski definition) is 2. The van der Waals surface area contributed by atoms with Crippen molar-refractivity contribution in [3.8, 4) is 5.75 Å². The molecule has 0 unspecified atom stereocenters. The highest BCUT2D eigenvalue weighted by Gasteiger charge is 2.10. The van der Waals surface area contributed by atoms with Crippen LogP contribution >= 0.6 is 22.9 Å². The van der Waals surface area contributed by atoms with E-state index in [1.54, 1.807) is 17.0 Å². The normalized spacial score (nSPS) is 10.1. The maximum atomic E-state index is 11.8. The second-order valence-electron chi connectivity index (χ2n) is 3.66. The SMILES string of the molecule is O=C(O)COc1ccc(NC(=O)c2cscn2)cc1Cl. The summed E-state index contributed by atoms with van der Waals surface area (Å²) in [6.07, 6.45) is 0. The van der Waals surface area contributed by atoms with Crippen LogP contribution in [0.25, 0.3) is 0 Å². The van der Waals surface area contributed by atoms with Crippen molar-refractivity contribution in [3.05, 3.63) is 39.8 Å². The van der Waals surface area contributed by atoms with Crippen LogP contribution in [0.2, 0.25) is 5.02 Å². The van der Waals surface area contributed by atoms with E-state index in [1.165, 1.54) is 23.5 Å². The van der Waals surface area contributed by atoms with Crippen molar-refractivity contribution < 1.29 is 19.4 Å². The van der Waals surface area contributed by atoms with Crippen LogP contribution in [0.5, 0.6) is 5.75 Å². The molecular weight excluding hydrogens is 304 g/mol. The molecule has 0 fully saturated rings. The number of benzene rings is 1. The fraction of sp³-hybridized carbons (Fsp3) is 0.0833. The molecule has 1 heterocycles. The summed E-state index contributed by atoms with van der Waals surface area (Å²) >= 11 is 7.26. The summed E-state index contributed by atoms with van der Waals surface area (Å²) in [5.74, 6) is -1.20. The molecule has 0 bridgehead atoms. The lowest BCUT2D eigenvalue weighted by molar-refractivity contribution is -0.139. The Morgan fingerprint density at radius 3 is 2.85 bits per heavy atom. The maximum Gasteiger partial charge on any atom is 0.341 e. The molecule has 0 aliphatic heterocycles. The number of nitrogens with zero attached hydrogens (tertiary/aromatic N) is 1. The topological polar surface area (TPSA) is 88.5 Å². The van der Waals surface area contributed by atoms with Crippen LogP contribution in [-0.2, 0) is 4.79 Å². The van der Waals surface area contributed by atoms with E-state index in [1.807, 2.05) is 0 Å². The highest BCUT2D eigenvalue weighted by molar-refractivity contribution is 7.07. The van der Waals surface area contributed by atoms with E-state index in [0.29, 0.717) is 11.4 Å². The molecule has 0 radical (unpaired) electrons. The lowest BCUT2D eigenvalue weighted by Crippen LogP contribution is -2.12. The van der Waals surface area contributed by atoms with E-state index in [9.17, 15) is 9.59 Å². The molecular formula is C12H9ClN2O4S. The molecule has 1 aromatic carbocycles. The minimum absolute atomic E-state index is 0.210. The van der Waals surface area contributed by atoms with E-state index < -0.39 is 12.6 Å². The van der Waals surface area contributed by atoms with Gasteiger partial charge in [-0.25, -0.2) is 9.78 Å². The summed E-state index contributed by atoms with van der Waals surface area (Å²) in [7, 11) is 0. The summed E-state index contributed by atoms with van der Waals surface area (Å²) < 4.78 is 4.98. The molecule has 6 nitrogen and oxygen atoms in total. The summed E-state index contributed by atoms with van der Waals surface area (Å²) in [5, 5.41) is 13.0. The minimum Gasteiger partial charge on any atom is -0.480 e. The van der Waals surface area contributed by atoms with Gasteiger partial charge in [-0.05, 0) is 18.2 Å². The van der Waals surface area contributed by atoms with Gasteiger partial charge in [-0.15, -0.1) is 11.3 Å². The smallest absolute Gasteiger partial charge is 0.341 e. The molecule has 2 N–H and O–H groups in total. The van der Waals surface area contributed by atoms with Crippen LogP contribution in [0, 0.1) is 0 Å². The molecule has 0 spiro atoms. The lowest BCUT2D eigenvalue weighted by atomic mass is 10.3. The first-order valence-electron chi connectivity index (χ1n) is 5.40. The van der Waals surface area contributed by atoms with Gasteiger partial charge in [0.25, 0.3) is 5.91 Å². The molecule has 20 heavy (non-hydrogen) atoms. The van der Waals surface area contributed by atoms with E-state index in [-0.39, 0.29) is 16.7 Å². The fourth-order valence-electron chi connectivity index (χ4n) is 1.35. The molecule has 0 saturated heterocycles. The third-order valence-corrected chi connectivity index (χ3v) is 3.09. The molecule has 0 aliphatic carbocycles. The average Bonchev–Trinajstić information content (AvgIpc) is 2.91. The number of carboxylic acids is 1. The van der Waals surface area contributed by atoms with Gasteiger partial charge in [-0.3, -0.25) is 4.79 Å². The number of amides is 1. The first-order chi connectivity index (χ1) is 9.56. The number of aromatic nitrogens is 1. The monoisotopic (exact) mass is 312 g/mol. The fourth-order valence-corrected chi connectivity index (χ4v) is 2.12. The third kappa shape index (κ3) is 3.69. The van der Waals surface area contributed by atoms with Gasteiger partial charge in [0.05, 0.1) is 10.5 Å². The third-order valence-electron chi connectivity index (χ3n) is 2.21. The molecule has 8 heteroatoms. The maximum absolute atomic E-state index is 11.8. The van der Waals surface area contributed by atoms with E-state index in [0.717, 1.165) is 0 Å². The Morgan fingerprint density at radius 1 is 1.45 bits per heavy atom. The van der Waals surface area contributed by atoms with Crippen LogP contribution in [0.3, 0.4) is 0 Å². The zero-order valence-electron chi connectivity index (χ0n) is 10.00. The number of carbonyl (C=O) groups excluding carboxylic acids is 1. The van der Waals surface area contributed by atoms with E-state index in [2.05, 4.69) is 10.3 Å². The van der Waals surface area contributed by atoms with Gasteiger partial charge in [-0.2, -0.15) is 0 Å². The van der Waals surface area contributed by atoms with Gasteiger partial charge < -0.3 is 15.2 Å². The number of carbonyl (C=O) groups is 2. The number of thiazole rings is 1. The van der Waals surface area contributed by atoms with Crippen LogP contribution in [-0.4, -0.2) is 28.6 Å². The predicted octanol–water partition coefficient (Wildman–Crippen LogP) is 2.51. The Morgan fingerprint density at radius 2 is 2.25 bits per heavy atom. The van der Waals surface area contributed by atoms with Gasteiger partial charge in [0, 0.05) is 11.1 Å². The summed E-state index contributed by atoms with van der Waals surface area (Å²) in [5.41, 5.74) is 2.35. The summed E-state index contributed by atoms with van der Waals surface area (Å²) in [6.45, 7) is -0.482. The second kappa shape index (κ2) is 6.36. The molecule has 1 aromatic heterocycles. The van der Waals surface area contributed by atoms with Crippen molar-refractivity contribution in [1.82, 2.24) is 4.98 Å². The van der Waals surface area contributed by atoms with Crippen molar-refractivity contribution in [2.45, 2.75) is 0 Å². The standard InChI is InChI=1S/C12H9ClN2O4S/c13-8-3-7(1-2-10(8)19-4-11(16)17)15-12(18)9-5-20-6-14-9/h1-3,5-6H,4H2,(H,15,18)(H,16,17). The lowest BCUT2D eigenvalue weighted by Gasteiger charge is -2.08. The predicted molar refractivity (Wildman–Crippen MR) is 74.7 cm³/mol. The number of anilines is 1. The van der Waals surface area contributed by atoms with Crippen LogP contribution in [0.1, 0.15) is 10.5 Å². The summed E-state index contributed by atoms with van der Waals surface area (Å²) in [4.78, 5) is 26.0. The average molecular weight is 313 g/mol. The number of ether oxygens (including phenoxy) is 1. The Kier molecular flexibility index (Phi) is 4.54. The Hall–Kier alpha value is -2.12. The molecule has 1 amide bonds. The first kappa shape index (κ1) is 14.3. The van der Waals surface area contributed by atoms with Crippen molar-refractivity contribution in [1.29, 1.82) is 0 Å². The van der Waals surface area contributed by atoms with Crippen molar-refractivity contribution in [2.24, 2.45) is 0 Å². The highest BCUT2D eigenvalue weighted by atomic mass is 35.5. The van der Waals surface area contributed by atoms with Gasteiger partial charge in [0.15, 0.2) is 6.61 Å². The number of carboxylic acid groups (broad SMARTS) is 1. The van der Waals surface area contributed by atoms with Crippen molar-refractivity contribution >= 4 is 40.5 Å². The Balaban J connectivity index is 2.05. The molecule has 2 rings (SSSR count). The van der Waals surface area contributed by atoms with Gasteiger partial charge in [0.2, 0.25) is 0 Å². The minimum atomic E-state index is -1.10. The number of aliphatic carboxylic acids is 1. The van der Waals surface area contributed by atoms with Gasteiger partial charge in [0.1, 0.15) is 11.4 Å². The quantitative estimate of drug-likeness (QED) is 0.885. The zero-order valence-corrected chi connectivity index (χ0v) is 11.6. The molecule has 0 saturated carbocycles. The van der Waals surface area contributed by atoms with E-state index in [4.69, 9.17) is 21.4 Å². The summed E-state index contributed by atoms with van der Waals surface area (Å²) in [6, 6.07) is 4.53. The van der Waals surface area contributed by atoms with Crippen molar-refractivity contribution in [2.75, 3.05) is 11.9 Å². The number of hydrogen-bond acceptors (Lipinski definition) is 5. The number of nitrogens with one attached hydrogen (secondary N) is 1. The van der Waals surface area contributed by atoms with Crippen LogP contribution in [0.15, 0.2) is 29.1 Å².